The second-order valence-electron chi connectivity index (χ2n) is 7.40. The van der Waals surface area contributed by atoms with Crippen LogP contribution in [0.4, 0.5) is 5.69 Å². The number of rotatable bonds is 9. The van der Waals surface area contributed by atoms with Gasteiger partial charge in [0.15, 0.2) is 0 Å². The molecule has 1 atom stereocenters. The number of ether oxygens (including phenoxy) is 1. The Bertz CT molecular complexity index is 760. The monoisotopic (exact) mass is 421 g/mol. The van der Waals surface area contributed by atoms with Gasteiger partial charge in [-0.3, -0.25) is 14.9 Å². The van der Waals surface area contributed by atoms with Crippen molar-refractivity contribution in [2.75, 3.05) is 13.7 Å². The smallest absolute Gasteiger partial charge is 0.328 e. The molecule has 2 N–H and O–H groups in total. The van der Waals surface area contributed by atoms with Gasteiger partial charge in [0.05, 0.1) is 17.0 Å². The van der Waals surface area contributed by atoms with Crippen LogP contribution in [0.2, 0.25) is 0 Å². The summed E-state index contributed by atoms with van der Waals surface area (Å²) in [6.07, 6.45) is 4.92. The van der Waals surface area contributed by atoms with Crippen molar-refractivity contribution in [2.45, 2.75) is 51.5 Å². The minimum atomic E-state index is -0.688. The van der Waals surface area contributed by atoms with Crippen LogP contribution < -0.4 is 10.6 Å². The van der Waals surface area contributed by atoms with Gasteiger partial charge < -0.3 is 15.4 Å². The van der Waals surface area contributed by atoms with Crippen molar-refractivity contribution in [3.8, 4) is 0 Å². The number of hydrogen-bond donors (Lipinski definition) is 2. The van der Waals surface area contributed by atoms with Crippen LogP contribution in [0.3, 0.4) is 0 Å². The van der Waals surface area contributed by atoms with Gasteiger partial charge in [0.2, 0.25) is 5.91 Å². The Labute approximate surface area is 175 Å². The first kappa shape index (κ1) is 22.7. The summed E-state index contributed by atoms with van der Waals surface area (Å²) < 4.78 is 4.93. The van der Waals surface area contributed by atoms with Gasteiger partial charge in [-0.25, -0.2) is 4.79 Å². The maximum absolute atomic E-state index is 12.3. The Hall–Kier alpha value is -2.55. The van der Waals surface area contributed by atoms with E-state index in [4.69, 9.17) is 17.0 Å². The summed E-state index contributed by atoms with van der Waals surface area (Å²) in [5.41, 5.74) is 0.509. The second kappa shape index (κ2) is 10.3. The van der Waals surface area contributed by atoms with Gasteiger partial charge in [0, 0.05) is 37.4 Å². The quantitative estimate of drug-likeness (QED) is 0.273. The Balaban J connectivity index is 2.10. The molecule has 0 spiro atoms. The SMILES string of the molecule is COC(=O)C(Cc1ccc([N+](=O)[O-])cc1)NC(=S)C1(CCNC(C)=O)CCCC1. The molecule has 1 amide bonds. The molecule has 0 bridgehead atoms. The third-order valence-corrected chi connectivity index (χ3v) is 5.95. The normalized spacial score (nSPS) is 15.9. The number of nitrogens with zero attached hydrogens (tertiary/aromatic N) is 1. The molecule has 0 heterocycles. The third-order valence-electron chi connectivity index (χ3n) is 5.40. The first-order valence-corrected chi connectivity index (χ1v) is 10.0. The molecule has 1 saturated carbocycles. The summed E-state index contributed by atoms with van der Waals surface area (Å²) in [5.74, 6) is -0.525. The van der Waals surface area contributed by atoms with Crippen LogP contribution in [0, 0.1) is 15.5 Å². The summed E-state index contributed by atoms with van der Waals surface area (Å²) >= 11 is 5.70. The molecule has 0 aromatic heterocycles. The molecular formula is C20H27N3O5S. The Morgan fingerprint density at radius 2 is 1.90 bits per heavy atom. The van der Waals surface area contributed by atoms with Gasteiger partial charge >= 0.3 is 5.97 Å². The van der Waals surface area contributed by atoms with E-state index < -0.39 is 16.9 Å². The molecule has 0 aliphatic heterocycles. The maximum atomic E-state index is 12.3. The number of non-ortho nitro benzene ring substituents is 1. The lowest BCUT2D eigenvalue weighted by atomic mass is 9.82. The fourth-order valence-electron chi connectivity index (χ4n) is 3.76. The summed E-state index contributed by atoms with van der Waals surface area (Å²) in [4.78, 5) is 34.5. The van der Waals surface area contributed by atoms with Crippen LogP contribution in [-0.2, 0) is 20.7 Å². The van der Waals surface area contributed by atoms with Crippen LogP contribution >= 0.6 is 12.2 Å². The number of esters is 1. The minimum absolute atomic E-state index is 0.00488. The minimum Gasteiger partial charge on any atom is -0.467 e. The number of nitro groups is 1. The third kappa shape index (κ3) is 6.22. The lowest BCUT2D eigenvalue weighted by Gasteiger charge is -2.32. The number of hydrogen-bond acceptors (Lipinski definition) is 6. The molecule has 29 heavy (non-hydrogen) atoms. The number of methoxy groups -OCH3 is 1. The predicted molar refractivity (Wildman–Crippen MR) is 113 cm³/mol. The molecule has 1 fully saturated rings. The summed E-state index contributed by atoms with van der Waals surface area (Å²) in [6.45, 7) is 2.01. The van der Waals surface area contributed by atoms with Crippen molar-refractivity contribution in [2.24, 2.45) is 5.41 Å². The Morgan fingerprint density at radius 3 is 2.41 bits per heavy atom. The molecule has 1 aliphatic carbocycles. The largest absolute Gasteiger partial charge is 0.467 e. The molecule has 1 unspecified atom stereocenters. The van der Waals surface area contributed by atoms with Gasteiger partial charge in [0.25, 0.3) is 5.69 Å². The number of amides is 1. The maximum Gasteiger partial charge on any atom is 0.328 e. The summed E-state index contributed by atoms with van der Waals surface area (Å²) in [6, 6.07) is 5.39. The van der Waals surface area contributed by atoms with E-state index in [0.29, 0.717) is 24.4 Å². The van der Waals surface area contributed by atoms with E-state index in [0.717, 1.165) is 31.2 Å². The zero-order valence-corrected chi connectivity index (χ0v) is 17.5. The van der Waals surface area contributed by atoms with Crippen molar-refractivity contribution >= 4 is 34.8 Å². The highest BCUT2D eigenvalue weighted by Crippen LogP contribution is 2.42. The van der Waals surface area contributed by atoms with Gasteiger partial charge in [-0.05, 0) is 24.8 Å². The van der Waals surface area contributed by atoms with Gasteiger partial charge in [-0.15, -0.1) is 0 Å². The fraction of sp³-hybridized carbons (Fsp3) is 0.550. The van der Waals surface area contributed by atoms with E-state index in [-0.39, 0.29) is 17.0 Å². The molecule has 0 saturated heterocycles. The standard InChI is InChI=1S/C20H27N3O5S/c1-14(24)21-12-11-20(9-3-4-10-20)19(29)22-17(18(25)28-2)13-15-5-7-16(8-6-15)23(26)27/h5-8,17H,3-4,9-13H2,1-2H3,(H,21,24)(H,22,29). The van der Waals surface area contributed by atoms with E-state index in [1.165, 1.54) is 26.2 Å². The number of carbonyl (C=O) groups excluding carboxylic acids is 2. The van der Waals surface area contributed by atoms with E-state index in [1.807, 2.05) is 0 Å². The number of nitro benzene ring substituents is 1. The average Bonchev–Trinajstić information content (AvgIpc) is 3.17. The zero-order valence-electron chi connectivity index (χ0n) is 16.7. The van der Waals surface area contributed by atoms with Gasteiger partial charge in [-0.1, -0.05) is 37.2 Å². The summed E-state index contributed by atoms with van der Waals surface area (Å²) in [7, 11) is 1.32. The highest BCUT2D eigenvalue weighted by atomic mass is 32.1. The molecule has 8 nitrogen and oxygen atoms in total. The average molecular weight is 422 g/mol. The first-order chi connectivity index (χ1) is 13.8. The van der Waals surface area contributed by atoms with Crippen LogP contribution in [0.5, 0.6) is 0 Å². The second-order valence-corrected chi connectivity index (χ2v) is 7.81. The van der Waals surface area contributed by atoms with Crippen LogP contribution in [0.15, 0.2) is 24.3 Å². The van der Waals surface area contributed by atoms with E-state index in [9.17, 15) is 19.7 Å². The molecule has 9 heteroatoms. The lowest BCUT2D eigenvalue weighted by Crippen LogP contribution is -2.49. The first-order valence-electron chi connectivity index (χ1n) is 9.64. The predicted octanol–water partition coefficient (Wildman–Crippen LogP) is 2.68. The Kier molecular flexibility index (Phi) is 8.07. The van der Waals surface area contributed by atoms with E-state index in [2.05, 4.69) is 10.6 Å². The van der Waals surface area contributed by atoms with Crippen molar-refractivity contribution in [1.29, 1.82) is 0 Å². The fourth-order valence-corrected chi connectivity index (χ4v) is 4.20. The Morgan fingerprint density at radius 1 is 1.28 bits per heavy atom. The molecule has 2 rings (SSSR count). The lowest BCUT2D eigenvalue weighted by molar-refractivity contribution is -0.384. The van der Waals surface area contributed by atoms with Crippen molar-refractivity contribution in [3.05, 3.63) is 39.9 Å². The molecule has 158 valence electrons. The van der Waals surface area contributed by atoms with E-state index >= 15 is 0 Å². The van der Waals surface area contributed by atoms with Crippen molar-refractivity contribution < 1.29 is 19.2 Å². The van der Waals surface area contributed by atoms with Gasteiger partial charge in [0.1, 0.15) is 6.04 Å². The number of carbonyl (C=O) groups is 2. The summed E-state index contributed by atoms with van der Waals surface area (Å²) in [5, 5.41) is 16.8. The molecule has 1 aromatic rings. The van der Waals surface area contributed by atoms with Crippen molar-refractivity contribution in [1.82, 2.24) is 10.6 Å². The van der Waals surface area contributed by atoms with Gasteiger partial charge in [-0.2, -0.15) is 0 Å². The van der Waals surface area contributed by atoms with E-state index in [1.54, 1.807) is 12.1 Å². The number of thiocarbonyl (C=S) groups is 1. The molecule has 1 aromatic carbocycles. The highest BCUT2D eigenvalue weighted by molar-refractivity contribution is 7.80. The van der Waals surface area contributed by atoms with Crippen molar-refractivity contribution in [3.63, 3.8) is 0 Å². The molecule has 1 aliphatic rings. The zero-order chi connectivity index (χ0) is 21.4. The molecule has 0 radical (unpaired) electrons. The van der Waals surface area contributed by atoms with Crippen LogP contribution in [0.1, 0.15) is 44.6 Å². The number of nitrogens with one attached hydrogen (secondary N) is 2. The van der Waals surface area contributed by atoms with Crippen LogP contribution in [0.25, 0.3) is 0 Å². The molecular weight excluding hydrogens is 394 g/mol. The highest BCUT2D eigenvalue weighted by Gasteiger charge is 2.39. The number of benzene rings is 1. The van der Waals surface area contributed by atoms with Crippen LogP contribution in [-0.4, -0.2) is 41.5 Å². The topological polar surface area (TPSA) is 111 Å².